The first-order valence-corrected chi connectivity index (χ1v) is 8.05. The number of carbonyl (C=O) groups is 1. The van der Waals surface area contributed by atoms with Crippen molar-refractivity contribution in [2.45, 2.75) is 0 Å². The highest BCUT2D eigenvalue weighted by atomic mass is 16.2. The van der Waals surface area contributed by atoms with Gasteiger partial charge in [-0.15, -0.1) is 10.2 Å². The van der Waals surface area contributed by atoms with Crippen LogP contribution in [0.15, 0.2) is 29.1 Å². The Morgan fingerprint density at radius 1 is 1.04 bits per heavy atom. The standard InChI is InChI=1S/C16H21N7O2/c1-20(2)13-5-6-14(18-17-13)22-8-10-23(11-9-22)16(25)12-4-7-15(24)21(3)19-12/h4-7H,8-11H2,1-3H3. The van der Waals surface area contributed by atoms with Gasteiger partial charge in [0.2, 0.25) is 0 Å². The van der Waals surface area contributed by atoms with Crippen LogP contribution in [0.2, 0.25) is 0 Å². The first-order chi connectivity index (χ1) is 12.0. The number of amides is 1. The third-order valence-electron chi connectivity index (χ3n) is 4.17. The second-order valence-corrected chi connectivity index (χ2v) is 6.10. The summed E-state index contributed by atoms with van der Waals surface area (Å²) >= 11 is 0. The number of nitrogens with zero attached hydrogens (tertiary/aromatic N) is 7. The number of anilines is 2. The minimum atomic E-state index is -0.235. The SMILES string of the molecule is CN(C)c1ccc(N2CCN(C(=O)c3ccc(=O)n(C)n3)CC2)nn1. The zero-order valence-corrected chi connectivity index (χ0v) is 14.6. The van der Waals surface area contributed by atoms with Crippen LogP contribution in [-0.2, 0) is 7.05 Å². The average Bonchev–Trinajstić information content (AvgIpc) is 2.63. The Labute approximate surface area is 145 Å². The summed E-state index contributed by atoms with van der Waals surface area (Å²) in [6, 6.07) is 6.70. The molecule has 0 spiro atoms. The Balaban J connectivity index is 1.64. The third-order valence-corrected chi connectivity index (χ3v) is 4.17. The van der Waals surface area contributed by atoms with Gasteiger partial charge in [-0.25, -0.2) is 4.68 Å². The molecule has 2 aromatic rings. The van der Waals surface area contributed by atoms with Crippen molar-refractivity contribution in [3.8, 4) is 0 Å². The predicted molar refractivity (Wildman–Crippen MR) is 94.0 cm³/mol. The van der Waals surface area contributed by atoms with E-state index in [-0.39, 0.29) is 17.2 Å². The van der Waals surface area contributed by atoms with E-state index in [0.717, 1.165) is 11.6 Å². The first kappa shape index (κ1) is 16.9. The van der Waals surface area contributed by atoms with Crippen LogP contribution in [0.3, 0.4) is 0 Å². The maximum atomic E-state index is 12.5. The molecule has 1 aliphatic heterocycles. The molecule has 0 aromatic carbocycles. The maximum absolute atomic E-state index is 12.5. The van der Waals surface area contributed by atoms with E-state index in [1.807, 2.05) is 31.1 Å². The second kappa shape index (κ2) is 6.88. The minimum Gasteiger partial charge on any atom is -0.361 e. The quantitative estimate of drug-likeness (QED) is 0.749. The average molecular weight is 343 g/mol. The molecule has 9 heteroatoms. The lowest BCUT2D eigenvalue weighted by Crippen LogP contribution is -2.49. The van der Waals surface area contributed by atoms with Crippen LogP contribution in [-0.4, -0.2) is 71.1 Å². The number of aromatic nitrogens is 4. The minimum absolute atomic E-state index is 0.163. The van der Waals surface area contributed by atoms with Crippen LogP contribution in [0.1, 0.15) is 10.5 Å². The third kappa shape index (κ3) is 3.59. The van der Waals surface area contributed by atoms with E-state index in [1.165, 1.54) is 23.9 Å². The molecule has 9 nitrogen and oxygen atoms in total. The highest BCUT2D eigenvalue weighted by Gasteiger charge is 2.24. The fraction of sp³-hybridized carbons (Fsp3) is 0.438. The number of hydrogen-bond acceptors (Lipinski definition) is 7. The van der Waals surface area contributed by atoms with Gasteiger partial charge in [-0.1, -0.05) is 0 Å². The molecule has 0 atom stereocenters. The lowest BCUT2D eigenvalue weighted by Gasteiger charge is -2.35. The Hall–Kier alpha value is -2.97. The van der Waals surface area contributed by atoms with Gasteiger partial charge < -0.3 is 14.7 Å². The summed E-state index contributed by atoms with van der Waals surface area (Å²) in [5, 5.41) is 12.5. The molecule has 132 valence electrons. The van der Waals surface area contributed by atoms with Crippen LogP contribution < -0.4 is 15.4 Å². The van der Waals surface area contributed by atoms with Gasteiger partial charge in [0, 0.05) is 53.4 Å². The van der Waals surface area contributed by atoms with Crippen molar-refractivity contribution in [2.75, 3.05) is 50.1 Å². The van der Waals surface area contributed by atoms with E-state index in [0.29, 0.717) is 26.2 Å². The molecular formula is C16H21N7O2. The molecular weight excluding hydrogens is 322 g/mol. The van der Waals surface area contributed by atoms with Crippen LogP contribution in [0.25, 0.3) is 0 Å². The summed E-state index contributed by atoms with van der Waals surface area (Å²) < 4.78 is 1.17. The Bertz CT molecular complexity index is 808. The number of carbonyl (C=O) groups excluding carboxylic acids is 1. The van der Waals surface area contributed by atoms with Gasteiger partial charge in [-0.05, 0) is 18.2 Å². The van der Waals surface area contributed by atoms with Gasteiger partial charge >= 0.3 is 0 Å². The van der Waals surface area contributed by atoms with E-state index in [9.17, 15) is 9.59 Å². The summed E-state index contributed by atoms with van der Waals surface area (Å²) in [5.74, 6) is 1.44. The van der Waals surface area contributed by atoms with E-state index in [2.05, 4.69) is 20.2 Å². The molecule has 1 aliphatic rings. The molecule has 25 heavy (non-hydrogen) atoms. The van der Waals surface area contributed by atoms with E-state index in [4.69, 9.17) is 0 Å². The molecule has 0 radical (unpaired) electrons. The molecule has 1 amide bonds. The van der Waals surface area contributed by atoms with Crippen LogP contribution >= 0.6 is 0 Å². The van der Waals surface area contributed by atoms with Gasteiger partial charge in [-0.3, -0.25) is 9.59 Å². The molecule has 1 fully saturated rings. The fourth-order valence-electron chi connectivity index (χ4n) is 2.64. The molecule has 0 aliphatic carbocycles. The second-order valence-electron chi connectivity index (χ2n) is 6.10. The Kier molecular flexibility index (Phi) is 4.64. The number of hydrogen-bond donors (Lipinski definition) is 0. The number of rotatable bonds is 3. The summed E-state index contributed by atoms with van der Waals surface area (Å²) in [4.78, 5) is 29.7. The summed E-state index contributed by atoms with van der Waals surface area (Å²) in [7, 11) is 5.37. The lowest BCUT2D eigenvalue weighted by molar-refractivity contribution is 0.0738. The molecule has 0 unspecified atom stereocenters. The molecule has 2 aromatic heterocycles. The van der Waals surface area contributed by atoms with Gasteiger partial charge in [-0.2, -0.15) is 5.10 Å². The lowest BCUT2D eigenvalue weighted by atomic mass is 10.2. The largest absolute Gasteiger partial charge is 0.361 e. The maximum Gasteiger partial charge on any atom is 0.274 e. The van der Waals surface area contributed by atoms with Gasteiger partial charge in [0.05, 0.1) is 0 Å². The highest BCUT2D eigenvalue weighted by Crippen LogP contribution is 2.16. The zero-order valence-electron chi connectivity index (χ0n) is 14.6. The number of piperazine rings is 1. The normalized spacial score (nSPS) is 14.5. The highest BCUT2D eigenvalue weighted by molar-refractivity contribution is 5.92. The Morgan fingerprint density at radius 3 is 2.32 bits per heavy atom. The molecule has 0 N–H and O–H groups in total. The topological polar surface area (TPSA) is 87.5 Å². The first-order valence-electron chi connectivity index (χ1n) is 8.05. The zero-order chi connectivity index (χ0) is 18.0. The van der Waals surface area contributed by atoms with Crippen molar-refractivity contribution < 1.29 is 4.79 Å². The van der Waals surface area contributed by atoms with Crippen molar-refractivity contribution in [3.63, 3.8) is 0 Å². The van der Waals surface area contributed by atoms with Crippen molar-refractivity contribution >= 4 is 17.5 Å². The van der Waals surface area contributed by atoms with Crippen molar-refractivity contribution in [2.24, 2.45) is 7.05 Å². The van der Waals surface area contributed by atoms with Crippen LogP contribution in [0, 0.1) is 0 Å². The smallest absolute Gasteiger partial charge is 0.274 e. The molecule has 3 rings (SSSR count). The molecule has 0 bridgehead atoms. The fourth-order valence-corrected chi connectivity index (χ4v) is 2.64. The predicted octanol–water partition coefficient (Wildman–Crippen LogP) is -0.401. The van der Waals surface area contributed by atoms with Crippen LogP contribution in [0.4, 0.5) is 11.6 Å². The van der Waals surface area contributed by atoms with Crippen LogP contribution in [0.5, 0.6) is 0 Å². The summed E-state index contributed by atoms with van der Waals surface area (Å²) in [6.07, 6.45) is 0. The van der Waals surface area contributed by atoms with Crippen molar-refractivity contribution in [3.05, 3.63) is 40.3 Å². The molecule has 0 saturated carbocycles. The molecule has 1 saturated heterocycles. The van der Waals surface area contributed by atoms with Gasteiger partial charge in [0.15, 0.2) is 11.6 Å². The van der Waals surface area contributed by atoms with E-state index >= 15 is 0 Å². The van der Waals surface area contributed by atoms with E-state index < -0.39 is 0 Å². The summed E-state index contributed by atoms with van der Waals surface area (Å²) in [5.41, 5.74) is 0.0480. The summed E-state index contributed by atoms with van der Waals surface area (Å²) in [6.45, 7) is 2.49. The van der Waals surface area contributed by atoms with Gasteiger partial charge in [0.25, 0.3) is 11.5 Å². The molecule has 3 heterocycles. The van der Waals surface area contributed by atoms with Gasteiger partial charge in [0.1, 0.15) is 5.69 Å². The van der Waals surface area contributed by atoms with Crippen molar-refractivity contribution in [1.29, 1.82) is 0 Å². The Morgan fingerprint density at radius 2 is 1.76 bits per heavy atom. The number of aryl methyl sites for hydroxylation is 1. The monoisotopic (exact) mass is 343 g/mol. The van der Waals surface area contributed by atoms with E-state index in [1.54, 1.807) is 4.90 Å². The van der Waals surface area contributed by atoms with Crippen molar-refractivity contribution in [1.82, 2.24) is 24.9 Å².